The number of aliphatic carboxylic acids is 1. The second kappa shape index (κ2) is 11.1. The van der Waals surface area contributed by atoms with Crippen LogP contribution in [0.25, 0.3) is 11.1 Å². The molecule has 2 saturated carbocycles. The van der Waals surface area contributed by atoms with Crippen molar-refractivity contribution in [3.05, 3.63) is 88.7 Å². The lowest BCUT2D eigenvalue weighted by Gasteiger charge is -2.30. The number of rotatable bonds is 10. The second-order valence-electron chi connectivity index (χ2n) is 11.8. The molecule has 3 aromatic rings. The Morgan fingerprint density at radius 2 is 1.79 bits per heavy atom. The van der Waals surface area contributed by atoms with Crippen molar-refractivity contribution in [1.82, 2.24) is 0 Å². The molecule has 0 radical (unpaired) electrons. The highest BCUT2D eigenvalue weighted by molar-refractivity contribution is 5.70. The average molecular weight is 537 g/mol. The van der Waals surface area contributed by atoms with Crippen LogP contribution in [-0.4, -0.2) is 11.1 Å². The molecule has 2 atom stereocenters. The fourth-order valence-corrected chi connectivity index (χ4v) is 6.27. The van der Waals surface area contributed by atoms with Crippen LogP contribution in [0.5, 0.6) is 5.75 Å². The van der Waals surface area contributed by atoms with E-state index < -0.39 is 18.2 Å². The number of carboxylic acid groups (broad SMARTS) is 1. The van der Waals surface area contributed by atoms with Gasteiger partial charge in [0.1, 0.15) is 18.2 Å². The summed E-state index contributed by atoms with van der Waals surface area (Å²) in [6.07, 6.45) is 2.60. The van der Waals surface area contributed by atoms with Crippen molar-refractivity contribution in [3.63, 3.8) is 0 Å². The highest BCUT2D eigenvalue weighted by Gasteiger charge is 2.37. The largest absolute Gasteiger partial charge is 0.489 e. The van der Waals surface area contributed by atoms with Gasteiger partial charge in [-0.2, -0.15) is 0 Å². The summed E-state index contributed by atoms with van der Waals surface area (Å²) in [6.45, 7) is 4.71. The minimum Gasteiger partial charge on any atom is -0.489 e. The van der Waals surface area contributed by atoms with E-state index >= 15 is 0 Å². The molecule has 2 aliphatic carbocycles. The Balaban J connectivity index is 1.44. The van der Waals surface area contributed by atoms with Gasteiger partial charge in [0.2, 0.25) is 0 Å². The Morgan fingerprint density at radius 3 is 2.46 bits per heavy atom. The van der Waals surface area contributed by atoms with Crippen molar-refractivity contribution in [2.24, 2.45) is 11.3 Å². The predicted molar refractivity (Wildman–Crippen MR) is 146 cm³/mol. The lowest BCUT2D eigenvalue weighted by atomic mass is 9.75. The zero-order chi connectivity index (χ0) is 27.7. The number of alkyl halides is 2. The van der Waals surface area contributed by atoms with Crippen molar-refractivity contribution in [1.29, 1.82) is 0 Å². The molecule has 0 bridgehead atoms. The number of halogens is 3. The Hall–Kier alpha value is -3.28. The van der Waals surface area contributed by atoms with Gasteiger partial charge < -0.3 is 9.84 Å². The van der Waals surface area contributed by atoms with Crippen LogP contribution in [0.3, 0.4) is 0 Å². The number of carbonyl (C=O) groups is 1. The summed E-state index contributed by atoms with van der Waals surface area (Å²) < 4.78 is 48.1. The summed E-state index contributed by atoms with van der Waals surface area (Å²) in [6, 6.07) is 17.0. The van der Waals surface area contributed by atoms with Crippen LogP contribution in [0.2, 0.25) is 0 Å². The predicted octanol–water partition coefficient (Wildman–Crippen LogP) is 9.27. The van der Waals surface area contributed by atoms with E-state index in [1.165, 1.54) is 6.07 Å². The summed E-state index contributed by atoms with van der Waals surface area (Å²) in [7, 11) is 0. The number of ether oxygens (including phenoxy) is 1. The van der Waals surface area contributed by atoms with Crippen LogP contribution < -0.4 is 4.74 Å². The molecule has 2 aliphatic rings. The zero-order valence-electron chi connectivity index (χ0n) is 22.4. The maximum Gasteiger partial charge on any atom is 0.303 e. The number of hydrogen-bond donors (Lipinski definition) is 1. The molecule has 3 aromatic carbocycles. The summed E-state index contributed by atoms with van der Waals surface area (Å²) in [4.78, 5) is 11.4. The van der Waals surface area contributed by atoms with Crippen LogP contribution in [-0.2, 0) is 11.4 Å². The minimum atomic E-state index is -2.67. The van der Waals surface area contributed by atoms with E-state index in [0.717, 1.165) is 60.9 Å². The maximum absolute atomic E-state index is 15.0. The van der Waals surface area contributed by atoms with Crippen molar-refractivity contribution < 1.29 is 27.8 Å². The normalized spacial score (nSPS) is 19.3. The van der Waals surface area contributed by atoms with Gasteiger partial charge in [0, 0.05) is 11.1 Å². The molecular formula is C33H35F3O3. The van der Waals surface area contributed by atoms with Gasteiger partial charge in [-0.3, -0.25) is 4.79 Å². The topological polar surface area (TPSA) is 46.5 Å². The highest BCUT2D eigenvalue weighted by atomic mass is 19.3. The van der Waals surface area contributed by atoms with Crippen LogP contribution in [0.15, 0.2) is 60.7 Å². The summed E-state index contributed by atoms with van der Waals surface area (Å²) in [5.41, 5.74) is 3.53. The summed E-state index contributed by atoms with van der Waals surface area (Å²) >= 11 is 0. The standard InChI is InChI=1S/C33H35F3O3/c1-33(2)14-4-7-29(33)27-15-20(8-12-25(27)28-17-23(32(35)36)11-13-30(28)34)19-39-24-6-3-5-22(16-24)26(18-31(37)38)21-9-10-21/h3,5-6,8,11-13,15-17,21,26,29,32H,4,7,9-10,14,18-19H2,1-2H3,(H,37,38)/t26?,29-/m1/s1. The number of carboxylic acids is 1. The molecule has 1 unspecified atom stereocenters. The molecular weight excluding hydrogens is 501 g/mol. The molecule has 3 nitrogen and oxygen atoms in total. The van der Waals surface area contributed by atoms with E-state index in [9.17, 15) is 23.1 Å². The Labute approximate surface area is 228 Å². The van der Waals surface area contributed by atoms with Gasteiger partial charge in [-0.1, -0.05) is 56.7 Å². The highest BCUT2D eigenvalue weighted by Crippen LogP contribution is 2.51. The Morgan fingerprint density at radius 1 is 1.00 bits per heavy atom. The van der Waals surface area contributed by atoms with E-state index in [-0.39, 0.29) is 41.4 Å². The number of benzene rings is 3. The third kappa shape index (κ3) is 6.15. The molecule has 0 saturated heterocycles. The molecule has 0 aromatic heterocycles. The lowest BCUT2D eigenvalue weighted by Crippen LogP contribution is -2.17. The molecule has 5 rings (SSSR count). The third-order valence-electron chi connectivity index (χ3n) is 8.56. The molecule has 1 N–H and O–H groups in total. The van der Waals surface area contributed by atoms with Gasteiger partial charge in [-0.05, 0) is 95.4 Å². The summed E-state index contributed by atoms with van der Waals surface area (Å²) in [5, 5.41) is 9.37. The summed E-state index contributed by atoms with van der Waals surface area (Å²) in [5.74, 6) is -0.0718. The van der Waals surface area contributed by atoms with Crippen molar-refractivity contribution in [3.8, 4) is 16.9 Å². The first-order valence-electron chi connectivity index (χ1n) is 13.8. The van der Waals surface area contributed by atoms with Crippen LogP contribution >= 0.6 is 0 Å². The van der Waals surface area contributed by atoms with Crippen LogP contribution in [0.4, 0.5) is 13.2 Å². The van der Waals surface area contributed by atoms with E-state index in [0.29, 0.717) is 17.2 Å². The van der Waals surface area contributed by atoms with E-state index in [1.807, 2.05) is 42.5 Å². The molecule has 0 aliphatic heterocycles. The van der Waals surface area contributed by atoms with Gasteiger partial charge in [0.25, 0.3) is 6.43 Å². The fourth-order valence-electron chi connectivity index (χ4n) is 6.27. The maximum atomic E-state index is 15.0. The van der Waals surface area contributed by atoms with Gasteiger partial charge in [0.05, 0.1) is 6.42 Å². The average Bonchev–Trinajstić information content (AvgIpc) is 3.68. The molecule has 6 heteroatoms. The first-order valence-corrected chi connectivity index (χ1v) is 13.8. The van der Waals surface area contributed by atoms with Gasteiger partial charge in [-0.25, -0.2) is 13.2 Å². The molecule has 2 fully saturated rings. The number of hydrogen-bond acceptors (Lipinski definition) is 2. The van der Waals surface area contributed by atoms with Crippen molar-refractivity contribution in [2.45, 2.75) is 77.2 Å². The smallest absolute Gasteiger partial charge is 0.303 e. The Kier molecular flexibility index (Phi) is 7.75. The SMILES string of the molecule is CC1(C)CCC[C@@H]1c1cc(COc2cccc(C(CC(=O)O)C3CC3)c2)ccc1-c1cc(C(F)F)ccc1F. The lowest BCUT2D eigenvalue weighted by molar-refractivity contribution is -0.137. The van der Waals surface area contributed by atoms with Gasteiger partial charge >= 0.3 is 5.97 Å². The second-order valence-corrected chi connectivity index (χ2v) is 11.8. The zero-order valence-corrected chi connectivity index (χ0v) is 22.4. The van der Waals surface area contributed by atoms with Gasteiger partial charge in [0.15, 0.2) is 0 Å². The van der Waals surface area contributed by atoms with E-state index in [1.54, 1.807) is 0 Å². The monoisotopic (exact) mass is 536 g/mol. The van der Waals surface area contributed by atoms with Crippen LogP contribution in [0.1, 0.15) is 92.9 Å². The first kappa shape index (κ1) is 27.3. The van der Waals surface area contributed by atoms with E-state index in [2.05, 4.69) is 13.8 Å². The minimum absolute atomic E-state index is 0.00132. The molecule has 39 heavy (non-hydrogen) atoms. The first-order chi connectivity index (χ1) is 18.6. The van der Waals surface area contributed by atoms with Gasteiger partial charge in [-0.15, -0.1) is 0 Å². The van der Waals surface area contributed by atoms with E-state index in [4.69, 9.17) is 4.74 Å². The quantitative estimate of drug-likeness (QED) is 0.281. The van der Waals surface area contributed by atoms with Crippen LogP contribution in [0, 0.1) is 17.2 Å². The molecule has 0 spiro atoms. The third-order valence-corrected chi connectivity index (χ3v) is 8.56. The van der Waals surface area contributed by atoms with Crippen molar-refractivity contribution in [2.75, 3.05) is 0 Å². The van der Waals surface area contributed by atoms with Crippen molar-refractivity contribution >= 4 is 5.97 Å². The fraction of sp³-hybridized carbons (Fsp3) is 0.424. The molecule has 206 valence electrons. The molecule has 0 heterocycles. The Bertz CT molecular complexity index is 1350. The molecule has 0 amide bonds.